The lowest BCUT2D eigenvalue weighted by Gasteiger charge is -2.42. The van der Waals surface area contributed by atoms with Crippen LogP contribution in [0.3, 0.4) is 0 Å². The summed E-state index contributed by atoms with van der Waals surface area (Å²) in [6.07, 6.45) is 3.86. The number of likely N-dealkylation sites (N-methyl/N-ethyl adjacent to an activating group) is 1. The quantitative estimate of drug-likeness (QED) is 0.867. The van der Waals surface area contributed by atoms with Crippen LogP contribution in [0.1, 0.15) is 31.6 Å². The molecule has 1 aromatic rings. The highest BCUT2D eigenvalue weighted by atomic mass is 32.1. The zero-order chi connectivity index (χ0) is 12.3. The van der Waals surface area contributed by atoms with Crippen LogP contribution < -0.4 is 5.32 Å². The smallest absolute Gasteiger partial charge is 0.0309 e. The lowest BCUT2D eigenvalue weighted by Crippen LogP contribution is -2.56. The highest BCUT2D eigenvalue weighted by molar-refractivity contribution is 7.09. The maximum absolute atomic E-state index is 3.52. The van der Waals surface area contributed by atoms with E-state index in [0.29, 0.717) is 6.04 Å². The Labute approximate surface area is 109 Å². The van der Waals surface area contributed by atoms with Crippen LogP contribution in [0.4, 0.5) is 0 Å². The van der Waals surface area contributed by atoms with Gasteiger partial charge in [0.1, 0.15) is 0 Å². The average molecular weight is 252 g/mol. The first-order valence-electron chi connectivity index (χ1n) is 6.59. The van der Waals surface area contributed by atoms with Crippen molar-refractivity contribution in [2.75, 3.05) is 20.1 Å². The van der Waals surface area contributed by atoms with Crippen molar-refractivity contribution in [2.24, 2.45) is 0 Å². The SMILES string of the molecule is CNC(Cc1cccs1)C(C)(C)N1CCCC1. The van der Waals surface area contributed by atoms with Gasteiger partial charge in [0.2, 0.25) is 0 Å². The molecule has 1 fully saturated rings. The van der Waals surface area contributed by atoms with Crippen molar-refractivity contribution in [3.8, 4) is 0 Å². The standard InChI is InChI=1S/C14H24N2S/c1-14(2,16-8-4-5-9-16)13(15-3)11-12-7-6-10-17-12/h6-7,10,13,15H,4-5,8-9,11H2,1-3H3. The maximum atomic E-state index is 3.52. The van der Waals surface area contributed by atoms with Gasteiger partial charge in [0.25, 0.3) is 0 Å². The molecule has 0 bridgehead atoms. The molecule has 0 saturated carbocycles. The third kappa shape index (κ3) is 2.90. The minimum atomic E-state index is 0.245. The van der Waals surface area contributed by atoms with E-state index in [1.807, 2.05) is 11.3 Å². The fourth-order valence-corrected chi connectivity index (χ4v) is 3.60. The highest BCUT2D eigenvalue weighted by Gasteiger charge is 2.35. The van der Waals surface area contributed by atoms with Crippen LogP contribution in [0, 0.1) is 0 Å². The zero-order valence-corrected chi connectivity index (χ0v) is 12.0. The Kier molecular flexibility index (Phi) is 4.23. The van der Waals surface area contributed by atoms with E-state index >= 15 is 0 Å². The van der Waals surface area contributed by atoms with Crippen molar-refractivity contribution in [3.05, 3.63) is 22.4 Å². The predicted octanol–water partition coefficient (Wildman–Crippen LogP) is 2.75. The van der Waals surface area contributed by atoms with Gasteiger partial charge in [0.05, 0.1) is 0 Å². The molecule has 2 heterocycles. The molecular weight excluding hydrogens is 228 g/mol. The van der Waals surface area contributed by atoms with E-state index in [9.17, 15) is 0 Å². The summed E-state index contributed by atoms with van der Waals surface area (Å²) in [6, 6.07) is 4.92. The summed E-state index contributed by atoms with van der Waals surface area (Å²) in [5.74, 6) is 0. The molecule has 17 heavy (non-hydrogen) atoms. The van der Waals surface area contributed by atoms with Crippen molar-refractivity contribution in [3.63, 3.8) is 0 Å². The molecule has 2 nitrogen and oxygen atoms in total. The van der Waals surface area contributed by atoms with Gasteiger partial charge >= 0.3 is 0 Å². The Balaban J connectivity index is 2.05. The summed E-state index contributed by atoms with van der Waals surface area (Å²) >= 11 is 1.87. The van der Waals surface area contributed by atoms with Gasteiger partial charge in [0, 0.05) is 16.5 Å². The number of likely N-dealkylation sites (tertiary alicyclic amines) is 1. The van der Waals surface area contributed by atoms with Crippen LogP contribution in [-0.4, -0.2) is 36.6 Å². The summed E-state index contributed by atoms with van der Waals surface area (Å²) < 4.78 is 0. The second kappa shape index (κ2) is 5.51. The van der Waals surface area contributed by atoms with Crippen molar-refractivity contribution >= 4 is 11.3 Å². The molecule has 1 atom stereocenters. The number of hydrogen-bond acceptors (Lipinski definition) is 3. The third-order valence-corrected chi connectivity index (χ3v) is 5.01. The monoisotopic (exact) mass is 252 g/mol. The largest absolute Gasteiger partial charge is 0.315 e. The Hall–Kier alpha value is -0.380. The van der Waals surface area contributed by atoms with Crippen LogP contribution in [0.5, 0.6) is 0 Å². The molecule has 1 unspecified atom stereocenters. The average Bonchev–Trinajstić information content (AvgIpc) is 2.98. The number of nitrogens with zero attached hydrogens (tertiary/aromatic N) is 1. The summed E-state index contributed by atoms with van der Waals surface area (Å²) in [4.78, 5) is 4.12. The molecule has 0 spiro atoms. The highest BCUT2D eigenvalue weighted by Crippen LogP contribution is 2.27. The van der Waals surface area contributed by atoms with E-state index < -0.39 is 0 Å². The molecule has 1 saturated heterocycles. The molecule has 96 valence electrons. The molecule has 0 radical (unpaired) electrons. The van der Waals surface area contributed by atoms with E-state index in [0.717, 1.165) is 6.42 Å². The van der Waals surface area contributed by atoms with Gasteiger partial charge in [0.15, 0.2) is 0 Å². The Morgan fingerprint density at radius 2 is 2.12 bits per heavy atom. The van der Waals surface area contributed by atoms with Gasteiger partial charge in [-0.3, -0.25) is 4.90 Å². The molecule has 1 aromatic heterocycles. The summed E-state index contributed by atoms with van der Waals surface area (Å²) in [5.41, 5.74) is 0.245. The van der Waals surface area contributed by atoms with Crippen LogP contribution in [0.25, 0.3) is 0 Å². The van der Waals surface area contributed by atoms with E-state index in [-0.39, 0.29) is 5.54 Å². The minimum absolute atomic E-state index is 0.245. The van der Waals surface area contributed by atoms with Crippen molar-refractivity contribution < 1.29 is 0 Å². The van der Waals surface area contributed by atoms with Gasteiger partial charge < -0.3 is 5.32 Å². The Morgan fingerprint density at radius 1 is 1.41 bits per heavy atom. The first kappa shape index (κ1) is 13.1. The first-order valence-corrected chi connectivity index (χ1v) is 7.47. The molecule has 3 heteroatoms. The maximum Gasteiger partial charge on any atom is 0.0309 e. The van der Waals surface area contributed by atoms with Crippen LogP contribution in [0.15, 0.2) is 17.5 Å². The Bertz CT molecular complexity index is 326. The van der Waals surface area contributed by atoms with E-state index in [1.165, 1.54) is 30.8 Å². The minimum Gasteiger partial charge on any atom is -0.315 e. The van der Waals surface area contributed by atoms with Crippen LogP contribution >= 0.6 is 11.3 Å². The molecular formula is C14H24N2S. The summed E-state index contributed by atoms with van der Waals surface area (Å²) in [5, 5.41) is 5.69. The molecule has 0 aromatic carbocycles. The van der Waals surface area contributed by atoms with Crippen molar-refractivity contribution in [1.82, 2.24) is 10.2 Å². The molecule has 1 aliphatic heterocycles. The lowest BCUT2D eigenvalue weighted by atomic mass is 9.89. The van der Waals surface area contributed by atoms with E-state index in [2.05, 4.69) is 48.6 Å². The second-order valence-electron chi connectivity index (χ2n) is 5.47. The predicted molar refractivity (Wildman–Crippen MR) is 75.8 cm³/mol. The third-order valence-electron chi connectivity index (χ3n) is 4.11. The van der Waals surface area contributed by atoms with Crippen LogP contribution in [-0.2, 0) is 6.42 Å². The summed E-state index contributed by atoms with van der Waals surface area (Å²) in [7, 11) is 2.09. The van der Waals surface area contributed by atoms with Crippen molar-refractivity contribution in [1.29, 1.82) is 0 Å². The Morgan fingerprint density at radius 3 is 2.65 bits per heavy atom. The summed E-state index contributed by atoms with van der Waals surface area (Å²) in [6.45, 7) is 7.28. The van der Waals surface area contributed by atoms with Gasteiger partial charge in [-0.25, -0.2) is 0 Å². The molecule has 0 amide bonds. The number of rotatable bonds is 5. The topological polar surface area (TPSA) is 15.3 Å². The van der Waals surface area contributed by atoms with Gasteiger partial charge in [-0.15, -0.1) is 11.3 Å². The second-order valence-corrected chi connectivity index (χ2v) is 6.50. The number of nitrogens with one attached hydrogen (secondary N) is 1. The molecule has 1 N–H and O–H groups in total. The molecule has 2 rings (SSSR count). The zero-order valence-electron chi connectivity index (χ0n) is 11.2. The fourth-order valence-electron chi connectivity index (χ4n) is 2.85. The number of hydrogen-bond donors (Lipinski definition) is 1. The molecule has 0 aliphatic carbocycles. The van der Waals surface area contributed by atoms with E-state index in [4.69, 9.17) is 0 Å². The normalized spacial score (nSPS) is 19.7. The fraction of sp³-hybridized carbons (Fsp3) is 0.714. The van der Waals surface area contributed by atoms with Gasteiger partial charge in [-0.2, -0.15) is 0 Å². The first-order chi connectivity index (χ1) is 8.14. The number of thiophene rings is 1. The van der Waals surface area contributed by atoms with E-state index in [1.54, 1.807) is 0 Å². The lowest BCUT2D eigenvalue weighted by molar-refractivity contribution is 0.110. The molecule has 1 aliphatic rings. The van der Waals surface area contributed by atoms with Crippen molar-refractivity contribution in [2.45, 2.75) is 44.7 Å². The van der Waals surface area contributed by atoms with Gasteiger partial charge in [-0.05, 0) is 64.7 Å². The van der Waals surface area contributed by atoms with Gasteiger partial charge in [-0.1, -0.05) is 6.07 Å². The van der Waals surface area contributed by atoms with Crippen LogP contribution in [0.2, 0.25) is 0 Å².